The third-order valence-electron chi connectivity index (χ3n) is 4.76. The Morgan fingerprint density at radius 1 is 0.935 bits per heavy atom. The molecule has 1 aliphatic rings. The van der Waals surface area contributed by atoms with Crippen LogP contribution in [-0.4, -0.2) is 42.5 Å². The summed E-state index contributed by atoms with van der Waals surface area (Å²) in [7, 11) is -4.61. The van der Waals surface area contributed by atoms with Gasteiger partial charge in [-0.3, -0.25) is 29.4 Å². The fourth-order valence-corrected chi connectivity index (χ4v) is 4.59. The maximum absolute atomic E-state index is 12.8. The number of nitrogens with zero attached hydrogens (tertiary/aromatic N) is 2. The first-order valence-corrected chi connectivity index (χ1v) is 10.4. The number of nitrogens with one attached hydrogen (secondary N) is 1. The van der Waals surface area contributed by atoms with E-state index in [1.807, 2.05) is 0 Å². The third kappa shape index (κ3) is 3.40. The Kier molecular flexibility index (Phi) is 4.74. The summed E-state index contributed by atoms with van der Waals surface area (Å²) in [5.41, 5.74) is -0.294. The Balaban J connectivity index is 1.62. The molecule has 0 atom stereocenters. The monoisotopic (exact) mass is 439 g/mol. The molecule has 4 rings (SSSR count). The van der Waals surface area contributed by atoms with Crippen LogP contribution in [0.15, 0.2) is 65.6 Å². The Morgan fingerprint density at radius 2 is 1.52 bits per heavy atom. The molecule has 1 aliphatic heterocycles. The lowest BCUT2D eigenvalue weighted by molar-refractivity contribution is -0.387. The number of benzene rings is 3. The SMILES string of the molecule is O=C(CN1C(=O)c2cccc3cccc(c23)C1=O)NS(=O)(=O)c1ccccc1[N+](=O)[O-]. The third-order valence-corrected chi connectivity index (χ3v) is 6.18. The zero-order valence-corrected chi connectivity index (χ0v) is 16.5. The van der Waals surface area contributed by atoms with E-state index in [0.717, 1.165) is 12.1 Å². The van der Waals surface area contributed by atoms with Crippen LogP contribution < -0.4 is 4.72 Å². The zero-order chi connectivity index (χ0) is 22.3. The molecule has 3 amide bonds. The number of imide groups is 1. The molecule has 0 spiro atoms. The number of hydrogen-bond donors (Lipinski definition) is 1. The van der Waals surface area contributed by atoms with Crippen LogP contribution in [0.25, 0.3) is 10.8 Å². The van der Waals surface area contributed by atoms with E-state index in [1.54, 1.807) is 29.0 Å². The molecule has 0 fully saturated rings. The highest BCUT2D eigenvalue weighted by molar-refractivity contribution is 7.90. The van der Waals surface area contributed by atoms with Gasteiger partial charge in [-0.1, -0.05) is 36.4 Å². The molecule has 11 heteroatoms. The van der Waals surface area contributed by atoms with Gasteiger partial charge in [0.25, 0.3) is 33.4 Å². The lowest BCUT2D eigenvalue weighted by Crippen LogP contribution is -2.47. The summed E-state index contributed by atoms with van der Waals surface area (Å²) in [4.78, 5) is 48.2. The highest BCUT2D eigenvalue weighted by atomic mass is 32.2. The maximum Gasteiger partial charge on any atom is 0.289 e. The van der Waals surface area contributed by atoms with Gasteiger partial charge in [-0.2, -0.15) is 0 Å². The van der Waals surface area contributed by atoms with Crippen LogP contribution in [0.4, 0.5) is 5.69 Å². The van der Waals surface area contributed by atoms with E-state index >= 15 is 0 Å². The van der Waals surface area contributed by atoms with Crippen LogP contribution >= 0.6 is 0 Å². The molecule has 0 aromatic heterocycles. The number of hydrogen-bond acceptors (Lipinski definition) is 7. The van der Waals surface area contributed by atoms with E-state index < -0.39 is 49.8 Å². The van der Waals surface area contributed by atoms with Crippen LogP contribution in [-0.2, 0) is 14.8 Å². The molecule has 156 valence electrons. The quantitative estimate of drug-likeness (QED) is 0.363. The molecule has 1 heterocycles. The second kappa shape index (κ2) is 7.29. The summed E-state index contributed by atoms with van der Waals surface area (Å²) in [5, 5.41) is 12.2. The minimum absolute atomic E-state index is 0.210. The number of rotatable bonds is 5. The first-order valence-electron chi connectivity index (χ1n) is 8.88. The zero-order valence-electron chi connectivity index (χ0n) is 15.6. The summed E-state index contributed by atoms with van der Waals surface area (Å²) in [6.45, 7) is -0.873. The number of sulfonamides is 1. The molecular formula is C20H13N3O7S. The number of nitro benzene ring substituents is 1. The van der Waals surface area contributed by atoms with Crippen molar-refractivity contribution < 1.29 is 27.7 Å². The Labute approximate surface area is 175 Å². The normalized spacial score (nSPS) is 13.4. The van der Waals surface area contributed by atoms with Gasteiger partial charge in [0.1, 0.15) is 6.54 Å². The second-order valence-corrected chi connectivity index (χ2v) is 8.31. The minimum Gasteiger partial charge on any atom is -0.272 e. The van der Waals surface area contributed by atoms with Gasteiger partial charge in [-0.15, -0.1) is 0 Å². The Morgan fingerprint density at radius 3 is 2.10 bits per heavy atom. The minimum atomic E-state index is -4.61. The van der Waals surface area contributed by atoms with Crippen LogP contribution in [0, 0.1) is 10.1 Å². The van der Waals surface area contributed by atoms with Gasteiger partial charge in [0.05, 0.1) is 4.92 Å². The Bertz CT molecular complexity index is 1350. The molecule has 0 radical (unpaired) electrons. The molecule has 1 N–H and O–H groups in total. The van der Waals surface area contributed by atoms with Gasteiger partial charge in [-0.25, -0.2) is 13.1 Å². The van der Waals surface area contributed by atoms with Gasteiger partial charge >= 0.3 is 0 Å². The molecule has 0 unspecified atom stereocenters. The first-order chi connectivity index (χ1) is 14.7. The van der Waals surface area contributed by atoms with Crippen molar-refractivity contribution in [3.8, 4) is 0 Å². The second-order valence-electron chi connectivity index (χ2n) is 6.66. The van der Waals surface area contributed by atoms with Crippen molar-refractivity contribution in [2.24, 2.45) is 0 Å². The summed E-state index contributed by atoms with van der Waals surface area (Å²) < 4.78 is 26.7. The van der Waals surface area contributed by atoms with Crippen molar-refractivity contribution in [3.05, 3.63) is 81.9 Å². The average molecular weight is 439 g/mol. The first kappa shape index (κ1) is 20.2. The van der Waals surface area contributed by atoms with Crippen molar-refractivity contribution in [2.75, 3.05) is 6.54 Å². The van der Waals surface area contributed by atoms with Gasteiger partial charge in [-0.05, 0) is 23.6 Å². The topological polar surface area (TPSA) is 144 Å². The highest BCUT2D eigenvalue weighted by Crippen LogP contribution is 2.30. The van der Waals surface area contributed by atoms with Crippen LogP contribution in [0.2, 0.25) is 0 Å². The summed E-state index contributed by atoms with van der Waals surface area (Å²) in [6.07, 6.45) is 0. The number of carbonyl (C=O) groups is 3. The van der Waals surface area contributed by atoms with Gasteiger partial charge in [0.2, 0.25) is 0 Å². The van der Waals surface area contributed by atoms with Gasteiger partial charge in [0, 0.05) is 22.6 Å². The number of nitro groups is 1. The van der Waals surface area contributed by atoms with Crippen LogP contribution in [0.3, 0.4) is 0 Å². The number of amides is 3. The molecule has 31 heavy (non-hydrogen) atoms. The molecule has 0 aliphatic carbocycles. The smallest absolute Gasteiger partial charge is 0.272 e. The van der Waals surface area contributed by atoms with Gasteiger partial charge < -0.3 is 0 Å². The van der Waals surface area contributed by atoms with Crippen LogP contribution in [0.1, 0.15) is 20.7 Å². The van der Waals surface area contributed by atoms with Crippen molar-refractivity contribution in [1.82, 2.24) is 9.62 Å². The van der Waals surface area contributed by atoms with Crippen molar-refractivity contribution in [3.63, 3.8) is 0 Å². The predicted molar refractivity (Wildman–Crippen MR) is 108 cm³/mol. The van der Waals surface area contributed by atoms with Crippen molar-refractivity contribution in [2.45, 2.75) is 4.90 Å². The summed E-state index contributed by atoms with van der Waals surface area (Å²) in [6, 6.07) is 14.3. The summed E-state index contributed by atoms with van der Waals surface area (Å²) >= 11 is 0. The van der Waals surface area contributed by atoms with Crippen molar-refractivity contribution in [1.29, 1.82) is 0 Å². The van der Waals surface area contributed by atoms with E-state index in [0.29, 0.717) is 15.7 Å². The number of para-hydroxylation sites is 1. The molecule has 0 saturated heterocycles. The lowest BCUT2D eigenvalue weighted by atomic mass is 9.94. The fraction of sp³-hybridized carbons (Fsp3) is 0.0500. The molecule has 0 saturated carbocycles. The lowest BCUT2D eigenvalue weighted by Gasteiger charge is -2.26. The molecule has 10 nitrogen and oxygen atoms in total. The fourth-order valence-electron chi connectivity index (χ4n) is 3.44. The standard InChI is InChI=1S/C20H13N3O7S/c24-17(21-31(29,30)16-10-2-1-9-15(16)23(27)28)11-22-19(25)13-7-3-5-12-6-4-8-14(18(12)13)20(22)26/h1-10H,11H2,(H,21,24). The Hall–Kier alpha value is -4.12. The van der Waals surface area contributed by atoms with E-state index in [-0.39, 0.29) is 11.1 Å². The molecule has 0 bridgehead atoms. The van der Waals surface area contributed by atoms with Crippen LogP contribution in [0.5, 0.6) is 0 Å². The van der Waals surface area contributed by atoms with Gasteiger partial charge in [0.15, 0.2) is 4.90 Å². The van der Waals surface area contributed by atoms with Crippen molar-refractivity contribution >= 4 is 44.2 Å². The molecule has 3 aromatic carbocycles. The molecule has 3 aromatic rings. The van der Waals surface area contributed by atoms with E-state index in [2.05, 4.69) is 0 Å². The number of carbonyl (C=O) groups excluding carboxylic acids is 3. The predicted octanol–water partition coefficient (Wildman–Crippen LogP) is 1.85. The summed E-state index contributed by atoms with van der Waals surface area (Å²) in [5.74, 6) is -2.67. The molecular weight excluding hydrogens is 426 g/mol. The average Bonchev–Trinajstić information content (AvgIpc) is 2.74. The van der Waals surface area contributed by atoms with E-state index in [1.165, 1.54) is 24.3 Å². The largest absolute Gasteiger partial charge is 0.289 e. The maximum atomic E-state index is 12.8. The van der Waals surface area contributed by atoms with E-state index in [4.69, 9.17) is 0 Å². The van der Waals surface area contributed by atoms with E-state index in [9.17, 15) is 32.9 Å². The highest BCUT2D eigenvalue weighted by Gasteiger charge is 2.35.